The van der Waals surface area contributed by atoms with Gasteiger partial charge in [-0.1, -0.05) is 35.9 Å². The van der Waals surface area contributed by atoms with Crippen LogP contribution in [0.5, 0.6) is 0 Å². The summed E-state index contributed by atoms with van der Waals surface area (Å²) in [5, 5.41) is 12.9. The number of nitrogens with one attached hydrogen (secondary N) is 3. The molecular formula is C21H18ClFN4O2. The lowest BCUT2D eigenvalue weighted by Crippen LogP contribution is -2.34. The Labute approximate surface area is 171 Å². The molecule has 0 radical (unpaired) electrons. The maximum absolute atomic E-state index is 14.2. The summed E-state index contributed by atoms with van der Waals surface area (Å²) in [6.07, 6.45) is 1.66. The first-order valence-electron chi connectivity index (χ1n) is 9.14. The molecule has 3 aromatic rings. The van der Waals surface area contributed by atoms with Crippen molar-refractivity contribution in [2.45, 2.75) is 12.5 Å². The highest BCUT2D eigenvalue weighted by molar-refractivity contribution is 6.30. The van der Waals surface area contributed by atoms with E-state index in [4.69, 9.17) is 11.6 Å². The lowest BCUT2D eigenvalue weighted by Gasteiger charge is -2.24. The summed E-state index contributed by atoms with van der Waals surface area (Å²) in [7, 11) is 0. The Morgan fingerprint density at radius 3 is 2.79 bits per heavy atom. The molecule has 1 aliphatic heterocycles. The lowest BCUT2D eigenvalue weighted by molar-refractivity contribution is -0.119. The normalized spacial score (nSPS) is 17.0. The second kappa shape index (κ2) is 8.05. The second-order valence-electron chi connectivity index (χ2n) is 6.91. The molecule has 8 heteroatoms. The monoisotopic (exact) mass is 412 g/mol. The SMILES string of the molecule is O=C1CC(C(NC(=O)c2cn[nH]c2-c2ccccc2F)c2cccc(Cl)c2)CN1. The van der Waals surface area contributed by atoms with Crippen LogP contribution in [-0.4, -0.2) is 28.6 Å². The molecule has 6 nitrogen and oxygen atoms in total. The molecule has 0 saturated carbocycles. The minimum absolute atomic E-state index is 0.0633. The number of H-pyrrole nitrogens is 1. The third-order valence-corrected chi connectivity index (χ3v) is 5.24. The number of nitrogens with zero attached hydrogens (tertiary/aromatic N) is 1. The van der Waals surface area contributed by atoms with E-state index in [-0.39, 0.29) is 23.0 Å². The molecule has 1 fully saturated rings. The van der Waals surface area contributed by atoms with Crippen molar-refractivity contribution in [2.24, 2.45) is 5.92 Å². The van der Waals surface area contributed by atoms with Crippen molar-refractivity contribution >= 4 is 23.4 Å². The van der Waals surface area contributed by atoms with E-state index < -0.39 is 17.8 Å². The van der Waals surface area contributed by atoms with Gasteiger partial charge in [0.25, 0.3) is 5.91 Å². The van der Waals surface area contributed by atoms with Gasteiger partial charge in [0, 0.05) is 29.5 Å². The third kappa shape index (κ3) is 4.00. The van der Waals surface area contributed by atoms with Gasteiger partial charge in [0.2, 0.25) is 5.91 Å². The molecule has 2 atom stereocenters. The highest BCUT2D eigenvalue weighted by Crippen LogP contribution is 2.30. The summed E-state index contributed by atoms with van der Waals surface area (Å²) in [5.74, 6) is -1.07. The Kier molecular flexibility index (Phi) is 5.31. The standard InChI is InChI=1S/C21H18ClFN4O2/c22-14-5-3-4-12(8-14)19(13-9-18(28)24-10-13)26-21(29)16-11-25-27-20(16)15-6-1-2-7-17(15)23/h1-8,11,13,19H,9-10H2,(H,24,28)(H,25,27)(H,26,29). The largest absolute Gasteiger partial charge is 0.356 e. The van der Waals surface area contributed by atoms with Gasteiger partial charge in [0.05, 0.1) is 23.5 Å². The molecule has 2 aromatic carbocycles. The summed E-state index contributed by atoms with van der Waals surface area (Å²) in [4.78, 5) is 24.8. The van der Waals surface area contributed by atoms with E-state index in [0.717, 1.165) is 5.56 Å². The van der Waals surface area contributed by atoms with Crippen LogP contribution in [0.15, 0.2) is 54.7 Å². The molecule has 3 N–H and O–H groups in total. The van der Waals surface area contributed by atoms with E-state index in [1.54, 1.807) is 36.4 Å². The molecule has 1 aromatic heterocycles. The molecule has 2 amide bonds. The van der Waals surface area contributed by atoms with Crippen molar-refractivity contribution in [3.63, 3.8) is 0 Å². The third-order valence-electron chi connectivity index (χ3n) is 5.00. The summed E-state index contributed by atoms with van der Waals surface area (Å²) in [6, 6.07) is 12.9. The zero-order valence-electron chi connectivity index (χ0n) is 15.3. The molecule has 2 unspecified atom stereocenters. The van der Waals surface area contributed by atoms with Crippen LogP contribution in [0.4, 0.5) is 4.39 Å². The Balaban J connectivity index is 1.65. The molecule has 0 spiro atoms. The van der Waals surface area contributed by atoms with Gasteiger partial charge in [-0.2, -0.15) is 5.10 Å². The summed E-state index contributed by atoms with van der Waals surface area (Å²) >= 11 is 6.13. The predicted molar refractivity (Wildman–Crippen MR) is 107 cm³/mol. The minimum Gasteiger partial charge on any atom is -0.356 e. The predicted octanol–water partition coefficient (Wildman–Crippen LogP) is 3.48. The van der Waals surface area contributed by atoms with Crippen LogP contribution >= 0.6 is 11.6 Å². The van der Waals surface area contributed by atoms with Crippen LogP contribution in [0.2, 0.25) is 5.02 Å². The smallest absolute Gasteiger partial charge is 0.255 e. The molecule has 148 valence electrons. The fraction of sp³-hybridized carbons (Fsp3) is 0.190. The van der Waals surface area contributed by atoms with Gasteiger partial charge < -0.3 is 10.6 Å². The van der Waals surface area contributed by atoms with E-state index in [9.17, 15) is 14.0 Å². The number of benzene rings is 2. The van der Waals surface area contributed by atoms with Crippen LogP contribution in [0.1, 0.15) is 28.4 Å². The van der Waals surface area contributed by atoms with E-state index >= 15 is 0 Å². The minimum atomic E-state index is -0.456. The van der Waals surface area contributed by atoms with Crippen molar-refractivity contribution in [2.75, 3.05) is 6.54 Å². The fourth-order valence-electron chi connectivity index (χ4n) is 3.58. The van der Waals surface area contributed by atoms with Gasteiger partial charge in [-0.3, -0.25) is 14.7 Å². The van der Waals surface area contributed by atoms with Gasteiger partial charge in [0.1, 0.15) is 5.82 Å². The van der Waals surface area contributed by atoms with E-state index in [2.05, 4.69) is 20.8 Å². The maximum Gasteiger partial charge on any atom is 0.255 e. The van der Waals surface area contributed by atoms with Gasteiger partial charge in [-0.05, 0) is 29.8 Å². The number of aromatic amines is 1. The first kappa shape index (κ1) is 19.1. The quantitative estimate of drug-likeness (QED) is 0.599. The van der Waals surface area contributed by atoms with E-state index in [1.165, 1.54) is 12.3 Å². The summed E-state index contributed by atoms with van der Waals surface area (Å²) in [5.41, 5.74) is 1.57. The number of halogens is 2. The number of rotatable bonds is 5. The zero-order chi connectivity index (χ0) is 20.4. The van der Waals surface area contributed by atoms with Gasteiger partial charge in [0.15, 0.2) is 0 Å². The summed E-state index contributed by atoms with van der Waals surface area (Å²) in [6.45, 7) is 0.446. The first-order valence-corrected chi connectivity index (χ1v) is 9.52. The molecule has 0 aliphatic carbocycles. The van der Waals surface area contributed by atoms with Crippen LogP contribution in [-0.2, 0) is 4.79 Å². The maximum atomic E-state index is 14.2. The average molecular weight is 413 g/mol. The van der Waals surface area contributed by atoms with Crippen LogP contribution in [0, 0.1) is 11.7 Å². The number of amides is 2. The van der Waals surface area contributed by atoms with Gasteiger partial charge >= 0.3 is 0 Å². The van der Waals surface area contributed by atoms with E-state index in [0.29, 0.717) is 23.7 Å². The summed E-state index contributed by atoms with van der Waals surface area (Å²) < 4.78 is 14.2. The topological polar surface area (TPSA) is 86.9 Å². The van der Waals surface area contributed by atoms with Gasteiger partial charge in [-0.25, -0.2) is 4.39 Å². The number of aromatic nitrogens is 2. The number of hydrogen-bond acceptors (Lipinski definition) is 3. The van der Waals surface area contributed by atoms with Crippen molar-refractivity contribution in [3.8, 4) is 11.3 Å². The van der Waals surface area contributed by atoms with Gasteiger partial charge in [-0.15, -0.1) is 0 Å². The Morgan fingerprint density at radius 2 is 2.07 bits per heavy atom. The molecule has 0 bridgehead atoms. The van der Waals surface area contributed by atoms with Crippen molar-refractivity contribution in [3.05, 3.63) is 76.7 Å². The zero-order valence-corrected chi connectivity index (χ0v) is 16.0. The highest BCUT2D eigenvalue weighted by Gasteiger charge is 2.32. The van der Waals surface area contributed by atoms with Crippen LogP contribution in [0.3, 0.4) is 0 Å². The van der Waals surface area contributed by atoms with Crippen molar-refractivity contribution in [1.82, 2.24) is 20.8 Å². The Hall–Kier alpha value is -3.19. The first-order chi connectivity index (χ1) is 14.0. The molecule has 2 heterocycles. The lowest BCUT2D eigenvalue weighted by atomic mass is 9.91. The van der Waals surface area contributed by atoms with Crippen LogP contribution in [0.25, 0.3) is 11.3 Å². The van der Waals surface area contributed by atoms with Crippen molar-refractivity contribution < 1.29 is 14.0 Å². The number of carbonyl (C=O) groups is 2. The molecule has 1 aliphatic rings. The molecule has 29 heavy (non-hydrogen) atoms. The molecule has 4 rings (SSSR count). The molecular weight excluding hydrogens is 395 g/mol. The van der Waals surface area contributed by atoms with Crippen molar-refractivity contribution in [1.29, 1.82) is 0 Å². The Morgan fingerprint density at radius 1 is 1.24 bits per heavy atom. The number of carbonyl (C=O) groups excluding carboxylic acids is 2. The average Bonchev–Trinajstić information content (AvgIpc) is 3.35. The Bertz CT molecular complexity index is 1070. The molecule has 1 saturated heterocycles. The van der Waals surface area contributed by atoms with E-state index in [1.807, 2.05) is 6.07 Å². The number of hydrogen-bond donors (Lipinski definition) is 3. The fourth-order valence-corrected chi connectivity index (χ4v) is 3.78. The van der Waals surface area contributed by atoms with Crippen LogP contribution < -0.4 is 10.6 Å². The second-order valence-corrected chi connectivity index (χ2v) is 7.35. The highest BCUT2D eigenvalue weighted by atomic mass is 35.5.